The highest BCUT2D eigenvalue weighted by Crippen LogP contribution is 2.23. The fourth-order valence-corrected chi connectivity index (χ4v) is 2.85. The minimum Gasteiger partial charge on any atom is -0.381 e. The number of amides is 1. The Bertz CT molecular complexity index is 618. The van der Waals surface area contributed by atoms with Crippen LogP contribution in [0.3, 0.4) is 0 Å². The maximum atomic E-state index is 12.5. The average Bonchev–Trinajstić information content (AvgIpc) is 2.61. The van der Waals surface area contributed by atoms with Crippen LogP contribution in [0.25, 0.3) is 11.1 Å². The van der Waals surface area contributed by atoms with Crippen molar-refractivity contribution in [1.82, 2.24) is 5.32 Å². The Hall–Kier alpha value is -2.13. The van der Waals surface area contributed by atoms with Gasteiger partial charge < -0.3 is 10.1 Å². The van der Waals surface area contributed by atoms with E-state index in [-0.39, 0.29) is 5.91 Å². The van der Waals surface area contributed by atoms with Gasteiger partial charge in [0.15, 0.2) is 0 Å². The molecular weight excluding hydrogens is 274 g/mol. The lowest BCUT2D eigenvalue weighted by atomic mass is 9.98. The van der Waals surface area contributed by atoms with Gasteiger partial charge in [0, 0.05) is 18.7 Å². The number of carbonyl (C=O) groups is 1. The molecule has 3 heteroatoms. The van der Waals surface area contributed by atoms with Gasteiger partial charge in [0.2, 0.25) is 0 Å². The van der Waals surface area contributed by atoms with Crippen LogP contribution >= 0.6 is 0 Å². The number of benzene rings is 2. The molecule has 1 N–H and O–H groups in total. The van der Waals surface area contributed by atoms with Crippen LogP contribution in [0, 0.1) is 5.92 Å². The molecule has 3 nitrogen and oxygen atoms in total. The van der Waals surface area contributed by atoms with Gasteiger partial charge >= 0.3 is 0 Å². The zero-order valence-corrected chi connectivity index (χ0v) is 12.6. The minimum absolute atomic E-state index is 0.00923. The van der Waals surface area contributed by atoms with E-state index in [1.807, 2.05) is 54.6 Å². The molecule has 1 aliphatic rings. The molecule has 0 unspecified atom stereocenters. The number of hydrogen-bond acceptors (Lipinski definition) is 2. The number of rotatable bonds is 4. The third-order valence-corrected chi connectivity index (χ3v) is 4.06. The molecule has 1 amide bonds. The van der Waals surface area contributed by atoms with Crippen molar-refractivity contribution in [2.75, 3.05) is 19.8 Å². The van der Waals surface area contributed by atoms with E-state index in [1.54, 1.807) is 0 Å². The fourth-order valence-electron chi connectivity index (χ4n) is 2.85. The van der Waals surface area contributed by atoms with Gasteiger partial charge in [0.1, 0.15) is 0 Å². The molecule has 2 aromatic carbocycles. The molecule has 114 valence electrons. The molecule has 3 rings (SSSR count). The molecule has 1 aliphatic heterocycles. The second-order valence-electron chi connectivity index (χ2n) is 5.70. The molecule has 22 heavy (non-hydrogen) atoms. The van der Waals surface area contributed by atoms with Gasteiger partial charge in [-0.25, -0.2) is 0 Å². The Balaban J connectivity index is 1.72. The number of nitrogens with one attached hydrogen (secondary N) is 1. The van der Waals surface area contributed by atoms with E-state index in [4.69, 9.17) is 4.74 Å². The summed E-state index contributed by atoms with van der Waals surface area (Å²) >= 11 is 0. The van der Waals surface area contributed by atoms with Crippen LogP contribution < -0.4 is 5.32 Å². The van der Waals surface area contributed by atoms with Crippen LogP contribution in [0.2, 0.25) is 0 Å². The highest BCUT2D eigenvalue weighted by Gasteiger charge is 2.17. The number of carbonyl (C=O) groups excluding carboxylic acids is 1. The molecular formula is C19H21NO2. The van der Waals surface area contributed by atoms with E-state index in [0.717, 1.165) is 42.7 Å². The fraction of sp³-hybridized carbons (Fsp3) is 0.316. The Morgan fingerprint density at radius 1 is 1.09 bits per heavy atom. The van der Waals surface area contributed by atoms with E-state index in [9.17, 15) is 4.79 Å². The standard InChI is InChI=1S/C19H21NO2/c21-19(20-13-15-7-6-12-22-14-15)18-11-5-4-10-17(18)16-8-2-1-3-9-16/h1-5,8-11,15H,6-7,12-14H2,(H,20,21)/t15-/m0/s1. The Morgan fingerprint density at radius 3 is 2.64 bits per heavy atom. The van der Waals surface area contributed by atoms with E-state index in [0.29, 0.717) is 12.5 Å². The van der Waals surface area contributed by atoms with Gasteiger partial charge in [-0.05, 0) is 36.0 Å². The third-order valence-electron chi connectivity index (χ3n) is 4.06. The Kier molecular flexibility index (Phi) is 4.86. The summed E-state index contributed by atoms with van der Waals surface area (Å²) in [7, 11) is 0. The second-order valence-corrected chi connectivity index (χ2v) is 5.70. The highest BCUT2D eigenvalue weighted by atomic mass is 16.5. The minimum atomic E-state index is -0.00923. The highest BCUT2D eigenvalue weighted by molar-refractivity contribution is 6.00. The van der Waals surface area contributed by atoms with Crippen molar-refractivity contribution in [3.63, 3.8) is 0 Å². The molecule has 0 aliphatic carbocycles. The van der Waals surface area contributed by atoms with Crippen LogP contribution in [0.1, 0.15) is 23.2 Å². The lowest BCUT2D eigenvalue weighted by Gasteiger charge is -2.22. The maximum Gasteiger partial charge on any atom is 0.251 e. The van der Waals surface area contributed by atoms with Gasteiger partial charge in [0.25, 0.3) is 5.91 Å². The first-order valence-electron chi connectivity index (χ1n) is 7.85. The normalized spacial score (nSPS) is 17.9. The summed E-state index contributed by atoms with van der Waals surface area (Å²) in [4.78, 5) is 12.5. The Labute approximate surface area is 131 Å². The molecule has 0 saturated carbocycles. The molecule has 0 bridgehead atoms. The van der Waals surface area contributed by atoms with Gasteiger partial charge in [-0.1, -0.05) is 48.5 Å². The van der Waals surface area contributed by atoms with Crippen molar-refractivity contribution in [3.8, 4) is 11.1 Å². The first-order chi connectivity index (χ1) is 10.8. The average molecular weight is 295 g/mol. The molecule has 1 heterocycles. The number of ether oxygens (including phenoxy) is 1. The van der Waals surface area contributed by atoms with Crippen molar-refractivity contribution >= 4 is 5.91 Å². The quantitative estimate of drug-likeness (QED) is 0.937. The van der Waals surface area contributed by atoms with Crippen molar-refractivity contribution in [2.24, 2.45) is 5.92 Å². The summed E-state index contributed by atoms with van der Waals surface area (Å²) in [5.41, 5.74) is 2.76. The maximum absolute atomic E-state index is 12.5. The van der Waals surface area contributed by atoms with Crippen molar-refractivity contribution < 1.29 is 9.53 Å². The monoisotopic (exact) mass is 295 g/mol. The largest absolute Gasteiger partial charge is 0.381 e. The molecule has 1 fully saturated rings. The summed E-state index contributed by atoms with van der Waals surface area (Å²) in [6, 6.07) is 17.8. The molecule has 2 aromatic rings. The summed E-state index contributed by atoms with van der Waals surface area (Å²) in [6.07, 6.45) is 2.21. The predicted molar refractivity (Wildman–Crippen MR) is 87.8 cm³/mol. The summed E-state index contributed by atoms with van der Waals surface area (Å²) < 4.78 is 5.46. The zero-order valence-electron chi connectivity index (χ0n) is 12.6. The molecule has 0 aromatic heterocycles. The van der Waals surface area contributed by atoms with Crippen molar-refractivity contribution in [1.29, 1.82) is 0 Å². The number of hydrogen-bond donors (Lipinski definition) is 1. The molecule has 0 radical (unpaired) electrons. The van der Waals surface area contributed by atoms with E-state index < -0.39 is 0 Å². The van der Waals surface area contributed by atoms with Gasteiger partial charge in [-0.15, -0.1) is 0 Å². The summed E-state index contributed by atoms with van der Waals surface area (Å²) in [5, 5.41) is 3.06. The first kappa shape index (κ1) is 14.8. The van der Waals surface area contributed by atoms with Crippen LogP contribution in [-0.2, 0) is 4.74 Å². The molecule has 1 saturated heterocycles. The van der Waals surface area contributed by atoms with Crippen LogP contribution in [0.5, 0.6) is 0 Å². The smallest absolute Gasteiger partial charge is 0.251 e. The third kappa shape index (κ3) is 3.55. The predicted octanol–water partition coefficient (Wildman–Crippen LogP) is 3.51. The lowest BCUT2D eigenvalue weighted by Crippen LogP contribution is -2.33. The zero-order chi connectivity index (χ0) is 15.2. The van der Waals surface area contributed by atoms with E-state index in [1.165, 1.54) is 0 Å². The van der Waals surface area contributed by atoms with Gasteiger partial charge in [-0.3, -0.25) is 4.79 Å². The van der Waals surface area contributed by atoms with Crippen LogP contribution in [0.4, 0.5) is 0 Å². The Morgan fingerprint density at radius 2 is 1.86 bits per heavy atom. The second kappa shape index (κ2) is 7.23. The van der Waals surface area contributed by atoms with Crippen molar-refractivity contribution in [3.05, 3.63) is 60.2 Å². The summed E-state index contributed by atoms with van der Waals surface area (Å²) in [5.74, 6) is 0.423. The topological polar surface area (TPSA) is 38.3 Å². The van der Waals surface area contributed by atoms with Gasteiger partial charge in [-0.2, -0.15) is 0 Å². The van der Waals surface area contributed by atoms with E-state index in [2.05, 4.69) is 5.32 Å². The van der Waals surface area contributed by atoms with Gasteiger partial charge in [0.05, 0.1) is 6.61 Å². The summed E-state index contributed by atoms with van der Waals surface area (Å²) in [6.45, 7) is 2.28. The molecule has 1 atom stereocenters. The van der Waals surface area contributed by atoms with Crippen molar-refractivity contribution in [2.45, 2.75) is 12.8 Å². The van der Waals surface area contributed by atoms with E-state index >= 15 is 0 Å². The van der Waals surface area contributed by atoms with Crippen LogP contribution in [-0.4, -0.2) is 25.7 Å². The molecule has 0 spiro atoms. The first-order valence-corrected chi connectivity index (χ1v) is 7.85. The lowest BCUT2D eigenvalue weighted by molar-refractivity contribution is 0.0536. The SMILES string of the molecule is O=C(NC[C@@H]1CCCOC1)c1ccccc1-c1ccccc1. The van der Waals surface area contributed by atoms with Crippen LogP contribution in [0.15, 0.2) is 54.6 Å².